The number of ketones is 1. The minimum absolute atomic E-state index is 0.0216. The number of carbonyl (C=O) groups excluding carboxylic acids is 2. The van der Waals surface area contributed by atoms with Crippen LogP contribution in [0.4, 0.5) is 0 Å². The zero-order valence-corrected chi connectivity index (χ0v) is 16.9. The molecule has 0 radical (unpaired) electrons. The van der Waals surface area contributed by atoms with Crippen LogP contribution in [0.1, 0.15) is 17.2 Å². The van der Waals surface area contributed by atoms with E-state index in [0.29, 0.717) is 34.3 Å². The molecule has 1 aliphatic heterocycles. The van der Waals surface area contributed by atoms with Crippen LogP contribution in [0.3, 0.4) is 0 Å². The van der Waals surface area contributed by atoms with Gasteiger partial charge in [-0.1, -0.05) is 29.3 Å². The highest BCUT2D eigenvalue weighted by Gasteiger charge is 2.46. The predicted molar refractivity (Wildman–Crippen MR) is 108 cm³/mol. The molecule has 8 heteroatoms. The van der Waals surface area contributed by atoms with Crippen LogP contribution in [0.2, 0.25) is 10.0 Å². The van der Waals surface area contributed by atoms with E-state index < -0.39 is 17.7 Å². The Morgan fingerprint density at radius 2 is 1.82 bits per heavy atom. The van der Waals surface area contributed by atoms with Gasteiger partial charge in [0.2, 0.25) is 0 Å². The van der Waals surface area contributed by atoms with Crippen molar-refractivity contribution >= 4 is 40.7 Å². The summed E-state index contributed by atoms with van der Waals surface area (Å²) in [4.78, 5) is 32.8. The van der Waals surface area contributed by atoms with Crippen LogP contribution in [0, 0.1) is 0 Å². The van der Waals surface area contributed by atoms with E-state index in [0.717, 1.165) is 0 Å². The van der Waals surface area contributed by atoms with Crippen molar-refractivity contribution in [2.45, 2.75) is 6.04 Å². The van der Waals surface area contributed by atoms with E-state index in [4.69, 9.17) is 23.2 Å². The van der Waals surface area contributed by atoms with Crippen molar-refractivity contribution in [3.63, 3.8) is 0 Å². The molecule has 1 saturated heterocycles. The monoisotopic (exact) mass is 419 g/mol. The highest BCUT2D eigenvalue weighted by atomic mass is 35.5. The molecule has 3 rings (SSSR count). The van der Waals surface area contributed by atoms with Crippen molar-refractivity contribution in [2.75, 3.05) is 27.2 Å². The number of benzene rings is 1. The number of aliphatic hydroxyl groups excluding tert-OH is 1. The summed E-state index contributed by atoms with van der Waals surface area (Å²) >= 11 is 12.2. The number of carbonyl (C=O) groups is 2. The lowest BCUT2D eigenvalue weighted by molar-refractivity contribution is -0.140. The van der Waals surface area contributed by atoms with E-state index in [1.54, 1.807) is 30.3 Å². The van der Waals surface area contributed by atoms with Crippen LogP contribution >= 0.6 is 23.2 Å². The first-order valence-electron chi connectivity index (χ1n) is 8.59. The van der Waals surface area contributed by atoms with Crippen molar-refractivity contribution in [3.05, 3.63) is 69.5 Å². The van der Waals surface area contributed by atoms with Crippen LogP contribution in [0.25, 0.3) is 5.76 Å². The molecular weight excluding hydrogens is 401 g/mol. The second kappa shape index (κ2) is 8.31. The third-order valence-corrected chi connectivity index (χ3v) is 5.28. The lowest BCUT2D eigenvalue weighted by Crippen LogP contribution is -2.35. The van der Waals surface area contributed by atoms with Crippen LogP contribution in [0.15, 0.2) is 48.3 Å². The molecule has 1 amide bonds. The van der Waals surface area contributed by atoms with Gasteiger partial charge in [-0.25, -0.2) is 0 Å². The summed E-state index contributed by atoms with van der Waals surface area (Å²) in [5, 5.41) is 11.5. The smallest absolute Gasteiger partial charge is 0.295 e. The van der Waals surface area contributed by atoms with Gasteiger partial charge in [0.05, 0.1) is 21.7 Å². The third kappa shape index (κ3) is 3.90. The molecule has 0 saturated carbocycles. The molecule has 1 N–H and O–H groups in total. The minimum Gasteiger partial charge on any atom is -0.507 e. The van der Waals surface area contributed by atoms with E-state index >= 15 is 0 Å². The Balaban J connectivity index is 2.16. The maximum atomic E-state index is 12.8. The lowest BCUT2D eigenvalue weighted by atomic mass is 9.95. The molecule has 1 fully saturated rings. The molecule has 1 atom stereocenters. The first-order chi connectivity index (χ1) is 13.3. The van der Waals surface area contributed by atoms with Crippen molar-refractivity contribution in [2.24, 2.45) is 0 Å². The second-order valence-corrected chi connectivity index (χ2v) is 7.52. The number of nitrogens with zero attached hydrogens (tertiary/aromatic N) is 3. The fourth-order valence-corrected chi connectivity index (χ4v) is 3.42. The van der Waals surface area contributed by atoms with Gasteiger partial charge in [-0.05, 0) is 43.9 Å². The van der Waals surface area contributed by atoms with E-state index in [2.05, 4.69) is 4.98 Å². The van der Waals surface area contributed by atoms with Crippen LogP contribution in [-0.4, -0.2) is 58.8 Å². The topological polar surface area (TPSA) is 73.7 Å². The molecule has 2 heterocycles. The summed E-state index contributed by atoms with van der Waals surface area (Å²) in [6, 6.07) is 7.32. The van der Waals surface area contributed by atoms with Gasteiger partial charge in [-0.15, -0.1) is 0 Å². The van der Waals surface area contributed by atoms with Gasteiger partial charge in [0.15, 0.2) is 0 Å². The molecule has 0 bridgehead atoms. The van der Waals surface area contributed by atoms with E-state index in [-0.39, 0.29) is 11.3 Å². The number of likely N-dealkylation sites (N-methyl/N-ethyl adjacent to an activating group) is 1. The summed E-state index contributed by atoms with van der Waals surface area (Å²) in [6.07, 6.45) is 3.01. The Morgan fingerprint density at radius 3 is 2.43 bits per heavy atom. The van der Waals surface area contributed by atoms with E-state index in [1.807, 2.05) is 19.0 Å². The average Bonchev–Trinajstić information content (AvgIpc) is 2.93. The number of aliphatic hydroxyl groups is 1. The highest BCUT2D eigenvalue weighted by Crippen LogP contribution is 2.40. The molecule has 28 heavy (non-hydrogen) atoms. The number of amides is 1. The molecule has 0 spiro atoms. The van der Waals surface area contributed by atoms with Crippen molar-refractivity contribution in [3.8, 4) is 0 Å². The van der Waals surface area contributed by atoms with Crippen molar-refractivity contribution in [1.29, 1.82) is 0 Å². The van der Waals surface area contributed by atoms with Gasteiger partial charge in [0, 0.05) is 31.0 Å². The maximum Gasteiger partial charge on any atom is 0.295 e. The summed E-state index contributed by atoms with van der Waals surface area (Å²) in [5.41, 5.74) is 1.03. The number of hydrogen-bond acceptors (Lipinski definition) is 5. The maximum absolute atomic E-state index is 12.8. The number of Topliss-reactive ketones (excluding diaryl/α,β-unsaturated/α-hetero) is 1. The van der Waals surface area contributed by atoms with Crippen molar-refractivity contribution in [1.82, 2.24) is 14.8 Å². The molecular formula is C20H19Cl2N3O3. The molecule has 0 aliphatic carbocycles. The Labute approximate surface area is 173 Å². The minimum atomic E-state index is -0.761. The summed E-state index contributed by atoms with van der Waals surface area (Å²) in [6.45, 7) is 0.871. The Hall–Kier alpha value is -2.41. The van der Waals surface area contributed by atoms with Gasteiger partial charge >= 0.3 is 0 Å². The molecule has 1 aromatic heterocycles. The normalized spacial score (nSPS) is 18.9. The SMILES string of the molecule is CN(C)CCN1C(=O)C(=O)/C(=C(/O)c2ccncc2)C1c1ccc(Cl)c(Cl)c1. The number of aromatic nitrogens is 1. The van der Waals surface area contributed by atoms with Crippen LogP contribution in [0.5, 0.6) is 0 Å². The van der Waals surface area contributed by atoms with E-state index in [1.165, 1.54) is 17.3 Å². The van der Waals surface area contributed by atoms with Gasteiger partial charge in [0.1, 0.15) is 5.76 Å². The number of likely N-dealkylation sites (tertiary alicyclic amines) is 1. The van der Waals surface area contributed by atoms with Gasteiger partial charge in [-0.2, -0.15) is 0 Å². The first kappa shape index (κ1) is 20.3. The standard InChI is InChI=1S/C20H19Cl2N3O3/c1-24(2)9-10-25-17(13-3-4-14(21)15(22)11-13)16(19(27)20(25)28)18(26)12-5-7-23-8-6-12/h3-8,11,17,26H,9-10H2,1-2H3/b18-16+. The highest BCUT2D eigenvalue weighted by molar-refractivity contribution is 6.46. The summed E-state index contributed by atoms with van der Waals surface area (Å²) in [7, 11) is 3.75. The first-order valence-corrected chi connectivity index (χ1v) is 9.35. The van der Waals surface area contributed by atoms with Crippen molar-refractivity contribution < 1.29 is 14.7 Å². The fraction of sp³-hybridized carbons (Fsp3) is 0.250. The largest absolute Gasteiger partial charge is 0.507 e. The second-order valence-electron chi connectivity index (χ2n) is 6.71. The van der Waals surface area contributed by atoms with Crippen LogP contribution < -0.4 is 0 Å². The summed E-state index contributed by atoms with van der Waals surface area (Å²) in [5.74, 6) is -1.64. The predicted octanol–water partition coefficient (Wildman–Crippen LogP) is 3.37. The van der Waals surface area contributed by atoms with Gasteiger partial charge < -0.3 is 14.9 Å². The van der Waals surface area contributed by atoms with E-state index in [9.17, 15) is 14.7 Å². The zero-order valence-electron chi connectivity index (χ0n) is 15.4. The lowest BCUT2D eigenvalue weighted by Gasteiger charge is -2.26. The molecule has 1 aliphatic rings. The van der Waals surface area contributed by atoms with Gasteiger partial charge in [0.25, 0.3) is 11.7 Å². The molecule has 146 valence electrons. The van der Waals surface area contributed by atoms with Gasteiger partial charge in [-0.3, -0.25) is 14.6 Å². The molecule has 1 aromatic carbocycles. The Kier molecular flexibility index (Phi) is 6.03. The fourth-order valence-electron chi connectivity index (χ4n) is 3.11. The number of halogens is 2. The molecule has 2 aromatic rings. The quantitative estimate of drug-likeness (QED) is 0.456. The molecule has 1 unspecified atom stereocenters. The molecule has 6 nitrogen and oxygen atoms in total. The zero-order chi connectivity index (χ0) is 20.4. The average molecular weight is 420 g/mol. The van der Waals surface area contributed by atoms with Crippen LogP contribution in [-0.2, 0) is 9.59 Å². The third-order valence-electron chi connectivity index (χ3n) is 4.54. The Bertz CT molecular complexity index is 945. The Morgan fingerprint density at radius 1 is 1.14 bits per heavy atom. The number of pyridine rings is 1. The summed E-state index contributed by atoms with van der Waals surface area (Å²) < 4.78 is 0. The number of hydrogen-bond donors (Lipinski definition) is 1. The number of rotatable bonds is 5.